The van der Waals surface area contributed by atoms with Gasteiger partial charge in [0.2, 0.25) is 0 Å². The molecule has 1 N–H and O–H groups in total. The number of rotatable bonds is 2. The van der Waals surface area contributed by atoms with Crippen LogP contribution in [0.5, 0.6) is 5.75 Å². The third-order valence-electron chi connectivity index (χ3n) is 2.89. The minimum absolute atomic E-state index is 0.153. The van der Waals surface area contributed by atoms with Crippen molar-refractivity contribution < 1.29 is 9.52 Å². The fourth-order valence-electron chi connectivity index (χ4n) is 1.94. The van der Waals surface area contributed by atoms with Crippen LogP contribution in [0.4, 0.5) is 5.69 Å². The first-order valence-electron chi connectivity index (χ1n) is 6.12. The van der Waals surface area contributed by atoms with E-state index in [1.807, 2.05) is 18.2 Å². The SMILES string of the molecule is Cc1nc2cc(N=Cc3cc(Br)cc(Br)c3O)ccc2o1. The van der Waals surface area contributed by atoms with Crippen molar-refractivity contribution in [3.8, 4) is 5.75 Å². The van der Waals surface area contributed by atoms with Gasteiger partial charge < -0.3 is 9.52 Å². The summed E-state index contributed by atoms with van der Waals surface area (Å²) in [6.45, 7) is 1.81. The average molecular weight is 410 g/mol. The van der Waals surface area contributed by atoms with Gasteiger partial charge in [0.1, 0.15) is 11.3 Å². The van der Waals surface area contributed by atoms with E-state index < -0.39 is 0 Å². The Labute approximate surface area is 137 Å². The molecule has 0 spiro atoms. The monoisotopic (exact) mass is 408 g/mol. The van der Waals surface area contributed by atoms with Gasteiger partial charge in [0, 0.05) is 23.2 Å². The van der Waals surface area contributed by atoms with Gasteiger partial charge in [-0.3, -0.25) is 4.99 Å². The highest BCUT2D eigenvalue weighted by Crippen LogP contribution is 2.31. The van der Waals surface area contributed by atoms with Crippen molar-refractivity contribution in [3.63, 3.8) is 0 Å². The third-order valence-corrected chi connectivity index (χ3v) is 3.95. The predicted molar refractivity (Wildman–Crippen MR) is 89.5 cm³/mol. The molecule has 1 heterocycles. The molecule has 0 atom stereocenters. The zero-order valence-electron chi connectivity index (χ0n) is 11.0. The molecule has 6 heteroatoms. The Morgan fingerprint density at radius 2 is 2.05 bits per heavy atom. The van der Waals surface area contributed by atoms with E-state index in [1.54, 1.807) is 25.3 Å². The first kappa shape index (κ1) is 14.3. The lowest BCUT2D eigenvalue weighted by Gasteiger charge is -2.02. The summed E-state index contributed by atoms with van der Waals surface area (Å²) in [5, 5.41) is 9.99. The van der Waals surface area contributed by atoms with Crippen LogP contribution in [0.3, 0.4) is 0 Å². The van der Waals surface area contributed by atoms with Gasteiger partial charge in [-0.25, -0.2) is 4.98 Å². The molecule has 0 amide bonds. The quantitative estimate of drug-likeness (QED) is 0.597. The van der Waals surface area contributed by atoms with E-state index in [0.717, 1.165) is 21.3 Å². The lowest BCUT2D eigenvalue weighted by Crippen LogP contribution is -1.84. The molecule has 0 aliphatic carbocycles. The summed E-state index contributed by atoms with van der Waals surface area (Å²) in [4.78, 5) is 8.64. The van der Waals surface area contributed by atoms with E-state index in [9.17, 15) is 5.11 Å². The van der Waals surface area contributed by atoms with E-state index >= 15 is 0 Å². The number of aryl methyl sites for hydroxylation is 1. The maximum absolute atomic E-state index is 9.99. The number of fused-ring (bicyclic) bond motifs is 1. The molecule has 0 fully saturated rings. The van der Waals surface area contributed by atoms with Crippen molar-refractivity contribution in [2.24, 2.45) is 4.99 Å². The van der Waals surface area contributed by atoms with Crippen LogP contribution in [0.25, 0.3) is 11.1 Å². The predicted octanol–water partition coefficient (Wildman–Crippen LogP) is 5.12. The normalized spacial score (nSPS) is 11.6. The Hall–Kier alpha value is -1.66. The van der Waals surface area contributed by atoms with Gasteiger partial charge in [-0.15, -0.1) is 0 Å². The fourth-order valence-corrected chi connectivity index (χ4v) is 3.20. The van der Waals surface area contributed by atoms with Gasteiger partial charge >= 0.3 is 0 Å². The van der Waals surface area contributed by atoms with Gasteiger partial charge in [-0.05, 0) is 46.3 Å². The van der Waals surface area contributed by atoms with Gasteiger partial charge in [-0.2, -0.15) is 0 Å². The summed E-state index contributed by atoms with van der Waals surface area (Å²) in [6.07, 6.45) is 1.61. The molecule has 21 heavy (non-hydrogen) atoms. The maximum atomic E-state index is 9.99. The fraction of sp³-hybridized carbons (Fsp3) is 0.0667. The van der Waals surface area contributed by atoms with Crippen LogP contribution >= 0.6 is 31.9 Å². The number of phenols is 1. The van der Waals surface area contributed by atoms with Gasteiger partial charge in [0.15, 0.2) is 11.5 Å². The van der Waals surface area contributed by atoms with E-state index in [4.69, 9.17) is 4.42 Å². The van der Waals surface area contributed by atoms with Crippen molar-refractivity contribution >= 4 is 54.9 Å². The zero-order chi connectivity index (χ0) is 15.0. The standard InChI is InChI=1S/C15H10Br2N2O2/c1-8-19-13-6-11(2-3-14(13)21-8)18-7-9-4-10(16)5-12(17)15(9)20/h2-7,20H,1H3. The van der Waals surface area contributed by atoms with Crippen LogP contribution < -0.4 is 0 Å². The number of aliphatic imine (C=N–C) groups is 1. The third kappa shape index (κ3) is 3.01. The number of hydrogen-bond acceptors (Lipinski definition) is 4. The van der Waals surface area contributed by atoms with E-state index in [-0.39, 0.29) is 5.75 Å². The summed E-state index contributed by atoms with van der Waals surface area (Å²) < 4.78 is 6.89. The largest absolute Gasteiger partial charge is 0.506 e. The van der Waals surface area contributed by atoms with Gasteiger partial charge in [0.25, 0.3) is 0 Å². The molecular formula is C15H10Br2N2O2. The molecule has 0 aliphatic heterocycles. The Kier molecular flexibility index (Phi) is 3.82. The van der Waals surface area contributed by atoms with Crippen molar-refractivity contribution in [1.82, 2.24) is 4.98 Å². The van der Waals surface area contributed by atoms with E-state index in [0.29, 0.717) is 15.9 Å². The smallest absolute Gasteiger partial charge is 0.192 e. The molecule has 0 bridgehead atoms. The molecule has 2 aromatic carbocycles. The molecule has 3 aromatic rings. The number of hydrogen-bond donors (Lipinski definition) is 1. The second-order valence-electron chi connectivity index (χ2n) is 4.47. The second kappa shape index (κ2) is 5.61. The summed E-state index contributed by atoms with van der Waals surface area (Å²) in [5.41, 5.74) is 2.86. The Morgan fingerprint density at radius 3 is 2.86 bits per heavy atom. The first-order chi connectivity index (χ1) is 10.0. The summed E-state index contributed by atoms with van der Waals surface area (Å²) in [7, 11) is 0. The number of benzene rings is 2. The van der Waals surface area contributed by atoms with Crippen LogP contribution in [-0.2, 0) is 0 Å². The van der Waals surface area contributed by atoms with Crippen LogP contribution in [0, 0.1) is 6.92 Å². The van der Waals surface area contributed by atoms with Crippen LogP contribution in [0.1, 0.15) is 11.5 Å². The number of oxazole rings is 1. The molecule has 106 valence electrons. The van der Waals surface area contributed by atoms with Crippen molar-refractivity contribution in [2.45, 2.75) is 6.92 Å². The molecule has 0 saturated carbocycles. The molecule has 0 radical (unpaired) electrons. The number of nitrogens with zero attached hydrogens (tertiary/aromatic N) is 2. The van der Waals surface area contributed by atoms with Crippen molar-refractivity contribution in [2.75, 3.05) is 0 Å². The van der Waals surface area contributed by atoms with Crippen molar-refractivity contribution in [3.05, 3.63) is 50.7 Å². The Bertz CT molecular complexity index is 856. The van der Waals surface area contributed by atoms with Crippen molar-refractivity contribution in [1.29, 1.82) is 0 Å². The van der Waals surface area contributed by atoms with Crippen LogP contribution in [0.2, 0.25) is 0 Å². The average Bonchev–Trinajstić information content (AvgIpc) is 2.80. The van der Waals surface area contributed by atoms with Crippen LogP contribution in [0.15, 0.2) is 48.7 Å². The maximum Gasteiger partial charge on any atom is 0.192 e. The molecular weight excluding hydrogens is 400 g/mol. The number of phenolic OH excluding ortho intramolecular Hbond substituents is 1. The number of aromatic hydroxyl groups is 1. The van der Waals surface area contributed by atoms with Gasteiger partial charge in [0.05, 0.1) is 10.2 Å². The molecule has 4 nitrogen and oxygen atoms in total. The number of aromatic nitrogens is 1. The van der Waals surface area contributed by atoms with E-state index in [1.165, 1.54) is 0 Å². The lowest BCUT2D eigenvalue weighted by molar-refractivity contribution is 0.471. The zero-order valence-corrected chi connectivity index (χ0v) is 14.1. The lowest BCUT2D eigenvalue weighted by atomic mass is 10.2. The highest BCUT2D eigenvalue weighted by molar-refractivity contribution is 9.11. The van der Waals surface area contributed by atoms with Gasteiger partial charge in [-0.1, -0.05) is 15.9 Å². The molecule has 0 unspecified atom stereocenters. The second-order valence-corrected chi connectivity index (χ2v) is 6.24. The minimum atomic E-state index is 0.153. The summed E-state index contributed by atoms with van der Waals surface area (Å²) >= 11 is 6.68. The highest BCUT2D eigenvalue weighted by atomic mass is 79.9. The minimum Gasteiger partial charge on any atom is -0.506 e. The highest BCUT2D eigenvalue weighted by Gasteiger charge is 2.06. The summed E-state index contributed by atoms with van der Waals surface area (Å²) in [6, 6.07) is 9.08. The Balaban J connectivity index is 1.97. The van der Waals surface area contributed by atoms with Crippen LogP contribution in [-0.4, -0.2) is 16.3 Å². The topological polar surface area (TPSA) is 58.6 Å². The Morgan fingerprint density at radius 1 is 1.24 bits per heavy atom. The molecule has 3 rings (SSSR count). The molecule has 0 saturated heterocycles. The first-order valence-corrected chi connectivity index (χ1v) is 7.71. The summed E-state index contributed by atoms with van der Waals surface area (Å²) in [5.74, 6) is 0.778. The number of halogens is 2. The molecule has 1 aromatic heterocycles. The van der Waals surface area contributed by atoms with E-state index in [2.05, 4.69) is 41.8 Å². The molecule has 0 aliphatic rings.